The Labute approximate surface area is 130 Å². The maximum Gasteiger partial charge on any atom is 0.310 e. The van der Waals surface area contributed by atoms with E-state index >= 15 is 0 Å². The zero-order valence-corrected chi connectivity index (χ0v) is 13.2. The molecule has 2 rings (SSSR count). The lowest BCUT2D eigenvalue weighted by atomic mass is 9.98. The number of esters is 1. The minimum Gasteiger partial charge on any atom is -0.466 e. The first-order chi connectivity index (χ1) is 10.2. The molecule has 2 N–H and O–H groups in total. The van der Waals surface area contributed by atoms with E-state index in [4.69, 9.17) is 10.5 Å². The summed E-state index contributed by atoms with van der Waals surface area (Å²) in [6, 6.07) is 2.11. The average molecular weight is 306 g/mol. The summed E-state index contributed by atoms with van der Waals surface area (Å²) in [4.78, 5) is 15.5. The van der Waals surface area contributed by atoms with Gasteiger partial charge in [0, 0.05) is 28.9 Å². The largest absolute Gasteiger partial charge is 0.466 e. The van der Waals surface area contributed by atoms with E-state index in [1.54, 1.807) is 11.3 Å². The lowest BCUT2D eigenvalue weighted by Gasteiger charge is -2.31. The van der Waals surface area contributed by atoms with Crippen LogP contribution in [0.5, 0.6) is 0 Å². The molecule has 1 aliphatic heterocycles. The summed E-state index contributed by atoms with van der Waals surface area (Å²) in [6.07, 6.45) is 1.99. The lowest BCUT2D eigenvalue weighted by molar-refractivity contribution is -0.150. The molecule has 4 nitrogen and oxygen atoms in total. The molecule has 0 aliphatic carbocycles. The van der Waals surface area contributed by atoms with Gasteiger partial charge in [-0.2, -0.15) is 0 Å². The quantitative estimate of drug-likeness (QED) is 0.681. The maximum atomic E-state index is 11.8. The minimum atomic E-state index is -0.0529. The summed E-state index contributed by atoms with van der Waals surface area (Å²) >= 11 is 1.71. The van der Waals surface area contributed by atoms with Crippen LogP contribution in [0, 0.1) is 17.8 Å². The van der Waals surface area contributed by atoms with Gasteiger partial charge in [0.1, 0.15) is 0 Å². The van der Waals surface area contributed by atoms with E-state index in [9.17, 15) is 4.79 Å². The van der Waals surface area contributed by atoms with Crippen LogP contribution in [0.2, 0.25) is 0 Å². The van der Waals surface area contributed by atoms with Gasteiger partial charge in [0.2, 0.25) is 0 Å². The molecule has 114 valence electrons. The zero-order chi connectivity index (χ0) is 15.1. The molecule has 0 bridgehead atoms. The van der Waals surface area contributed by atoms with Crippen molar-refractivity contribution in [2.75, 3.05) is 26.2 Å². The first-order valence-electron chi connectivity index (χ1n) is 7.38. The Hall–Kier alpha value is -1.35. The monoisotopic (exact) mass is 306 g/mol. The highest BCUT2D eigenvalue weighted by Gasteiger charge is 2.26. The smallest absolute Gasteiger partial charge is 0.310 e. The molecule has 0 spiro atoms. The molecule has 1 fully saturated rings. The lowest BCUT2D eigenvalue weighted by Crippen LogP contribution is -2.38. The van der Waals surface area contributed by atoms with Gasteiger partial charge in [-0.1, -0.05) is 11.8 Å². The molecule has 1 aliphatic rings. The second kappa shape index (κ2) is 8.18. The van der Waals surface area contributed by atoms with E-state index in [1.165, 1.54) is 4.88 Å². The number of rotatable bonds is 4. The van der Waals surface area contributed by atoms with E-state index in [0.29, 0.717) is 13.2 Å². The molecule has 0 amide bonds. The second-order valence-electron chi connectivity index (χ2n) is 5.13. The fraction of sp³-hybridized carbons (Fsp3) is 0.562. The Balaban J connectivity index is 1.90. The Morgan fingerprint density at radius 3 is 3.24 bits per heavy atom. The van der Waals surface area contributed by atoms with Crippen molar-refractivity contribution in [3.8, 4) is 11.8 Å². The SMILES string of the molecule is CCOC(=O)C1CCCN(Cc2cc(C#CCN)cs2)C1. The van der Waals surface area contributed by atoms with Crippen LogP contribution in [-0.2, 0) is 16.1 Å². The van der Waals surface area contributed by atoms with Gasteiger partial charge in [-0.3, -0.25) is 9.69 Å². The van der Waals surface area contributed by atoms with Crippen molar-refractivity contribution in [1.29, 1.82) is 0 Å². The molecular weight excluding hydrogens is 284 g/mol. The Morgan fingerprint density at radius 1 is 1.62 bits per heavy atom. The van der Waals surface area contributed by atoms with Gasteiger partial charge in [-0.15, -0.1) is 11.3 Å². The zero-order valence-electron chi connectivity index (χ0n) is 12.4. The second-order valence-corrected chi connectivity index (χ2v) is 6.13. The first-order valence-corrected chi connectivity index (χ1v) is 8.26. The molecule has 2 heterocycles. The number of nitrogens with zero attached hydrogens (tertiary/aromatic N) is 1. The van der Waals surface area contributed by atoms with E-state index in [-0.39, 0.29) is 11.9 Å². The molecule has 1 atom stereocenters. The van der Waals surface area contributed by atoms with Crippen molar-refractivity contribution in [1.82, 2.24) is 4.90 Å². The molecule has 0 saturated carbocycles. The van der Waals surface area contributed by atoms with Crippen molar-refractivity contribution < 1.29 is 9.53 Å². The van der Waals surface area contributed by atoms with Gasteiger partial charge in [0.25, 0.3) is 0 Å². The average Bonchev–Trinajstić information content (AvgIpc) is 2.93. The third kappa shape index (κ3) is 4.85. The van der Waals surface area contributed by atoms with Gasteiger partial charge in [-0.05, 0) is 32.4 Å². The van der Waals surface area contributed by atoms with Crippen molar-refractivity contribution in [3.63, 3.8) is 0 Å². The third-order valence-corrected chi connectivity index (χ3v) is 4.41. The van der Waals surface area contributed by atoms with Crippen molar-refractivity contribution in [2.24, 2.45) is 11.7 Å². The van der Waals surface area contributed by atoms with Crippen LogP contribution < -0.4 is 5.73 Å². The van der Waals surface area contributed by atoms with E-state index in [2.05, 4.69) is 28.2 Å². The van der Waals surface area contributed by atoms with E-state index in [1.807, 2.05) is 6.92 Å². The van der Waals surface area contributed by atoms with Gasteiger partial charge in [0.15, 0.2) is 0 Å². The first kappa shape index (κ1) is 16.0. The predicted molar refractivity (Wildman–Crippen MR) is 84.9 cm³/mol. The standard InChI is InChI=1S/C16H22N2O2S/c1-2-20-16(19)14-6-4-8-18(10-14)11-15-9-13(12-21-15)5-3-7-17/h9,12,14H,2,4,6-8,10-11,17H2,1H3. The number of hydrogen-bond donors (Lipinski definition) is 1. The van der Waals surface area contributed by atoms with Crippen LogP contribution in [0.4, 0.5) is 0 Å². The number of piperidine rings is 1. The number of thiophene rings is 1. The molecule has 1 aromatic heterocycles. The summed E-state index contributed by atoms with van der Waals surface area (Å²) in [6.45, 7) is 5.42. The van der Waals surface area contributed by atoms with E-state index < -0.39 is 0 Å². The molecule has 0 radical (unpaired) electrons. The molecule has 1 saturated heterocycles. The van der Waals surface area contributed by atoms with Crippen LogP contribution in [0.1, 0.15) is 30.2 Å². The topological polar surface area (TPSA) is 55.6 Å². The van der Waals surface area contributed by atoms with Crippen molar-refractivity contribution in [3.05, 3.63) is 21.9 Å². The molecule has 1 aromatic rings. The number of nitrogens with two attached hydrogens (primary N) is 1. The minimum absolute atomic E-state index is 0.0233. The summed E-state index contributed by atoms with van der Waals surface area (Å²) in [5.41, 5.74) is 6.41. The maximum absolute atomic E-state index is 11.8. The van der Waals surface area contributed by atoms with Gasteiger partial charge in [-0.25, -0.2) is 0 Å². The van der Waals surface area contributed by atoms with Crippen molar-refractivity contribution in [2.45, 2.75) is 26.3 Å². The Kier molecular flexibility index (Phi) is 6.24. The number of hydrogen-bond acceptors (Lipinski definition) is 5. The molecule has 21 heavy (non-hydrogen) atoms. The normalized spacial score (nSPS) is 18.9. The summed E-state index contributed by atoms with van der Waals surface area (Å²) < 4.78 is 5.14. The van der Waals surface area contributed by atoms with Gasteiger partial charge >= 0.3 is 5.97 Å². The molecule has 5 heteroatoms. The van der Waals surface area contributed by atoms with Crippen LogP contribution in [0.15, 0.2) is 11.4 Å². The number of carbonyl (C=O) groups excluding carboxylic acids is 1. The highest BCUT2D eigenvalue weighted by atomic mass is 32.1. The van der Waals surface area contributed by atoms with Crippen LogP contribution in [-0.4, -0.2) is 37.1 Å². The van der Waals surface area contributed by atoms with E-state index in [0.717, 1.165) is 38.0 Å². The van der Waals surface area contributed by atoms with Crippen LogP contribution in [0.3, 0.4) is 0 Å². The number of carbonyl (C=O) groups is 1. The highest BCUT2D eigenvalue weighted by Crippen LogP contribution is 2.22. The predicted octanol–water partition coefficient (Wildman–Crippen LogP) is 1.83. The summed E-state index contributed by atoms with van der Waals surface area (Å²) in [5.74, 6) is 5.89. The van der Waals surface area contributed by atoms with Crippen molar-refractivity contribution >= 4 is 17.3 Å². The van der Waals surface area contributed by atoms with Gasteiger partial charge in [0.05, 0.1) is 19.1 Å². The Bertz CT molecular complexity index is 530. The number of ether oxygens (including phenoxy) is 1. The fourth-order valence-corrected chi connectivity index (χ4v) is 3.41. The van der Waals surface area contributed by atoms with Crippen LogP contribution in [0.25, 0.3) is 0 Å². The number of likely N-dealkylation sites (tertiary alicyclic amines) is 1. The van der Waals surface area contributed by atoms with Crippen LogP contribution >= 0.6 is 11.3 Å². The highest BCUT2D eigenvalue weighted by molar-refractivity contribution is 7.10. The molecule has 1 unspecified atom stereocenters. The third-order valence-electron chi connectivity index (χ3n) is 3.49. The summed E-state index contributed by atoms with van der Waals surface area (Å²) in [7, 11) is 0. The fourth-order valence-electron chi connectivity index (χ4n) is 2.55. The molecular formula is C16H22N2O2S. The Morgan fingerprint density at radius 2 is 2.48 bits per heavy atom. The summed E-state index contributed by atoms with van der Waals surface area (Å²) in [5, 5.41) is 2.06. The van der Waals surface area contributed by atoms with Gasteiger partial charge < -0.3 is 10.5 Å². The molecule has 0 aromatic carbocycles.